The van der Waals surface area contributed by atoms with E-state index in [1.807, 2.05) is 0 Å². The Morgan fingerprint density at radius 2 is 2.20 bits per heavy atom. The number of benzene rings is 1. The summed E-state index contributed by atoms with van der Waals surface area (Å²) in [6.07, 6.45) is 0.297. The summed E-state index contributed by atoms with van der Waals surface area (Å²) >= 11 is 3.72. The van der Waals surface area contributed by atoms with Crippen molar-refractivity contribution in [2.75, 3.05) is 24.6 Å². The topological polar surface area (TPSA) is 24.5 Å². The van der Waals surface area contributed by atoms with E-state index in [0.29, 0.717) is 18.2 Å². The number of hydrogen-bond donors (Lipinski definition) is 1. The molecule has 112 valence electrons. The first kappa shape index (κ1) is 15.8. The minimum atomic E-state index is 0.297. The van der Waals surface area contributed by atoms with Gasteiger partial charge in [0, 0.05) is 28.8 Å². The van der Waals surface area contributed by atoms with Crippen LogP contribution in [-0.2, 0) is 4.74 Å². The molecule has 0 spiro atoms. The Morgan fingerprint density at radius 3 is 2.85 bits per heavy atom. The third kappa shape index (κ3) is 3.54. The molecule has 1 aliphatic rings. The molecule has 2 rings (SSSR count). The van der Waals surface area contributed by atoms with Gasteiger partial charge >= 0.3 is 0 Å². The molecule has 1 fully saturated rings. The standard InChI is InChI=1S/C16H25BrN2O/c1-5-18-13(4)15-7-6-14(8-16(15)17)19-9-12(3)20-10-11(19)2/h6-8,11-13,18H,5,9-10H2,1-4H3. The van der Waals surface area contributed by atoms with Crippen LogP contribution in [0.4, 0.5) is 5.69 Å². The first-order valence-corrected chi connectivity index (χ1v) is 8.23. The average Bonchev–Trinajstić information content (AvgIpc) is 2.41. The lowest BCUT2D eigenvalue weighted by Crippen LogP contribution is -2.47. The molecular weight excluding hydrogens is 316 g/mol. The third-order valence-electron chi connectivity index (χ3n) is 3.90. The van der Waals surface area contributed by atoms with Crippen molar-refractivity contribution >= 4 is 21.6 Å². The van der Waals surface area contributed by atoms with Crippen molar-refractivity contribution in [3.05, 3.63) is 28.2 Å². The maximum atomic E-state index is 5.70. The van der Waals surface area contributed by atoms with Gasteiger partial charge in [-0.05, 0) is 45.0 Å². The molecule has 1 heterocycles. The van der Waals surface area contributed by atoms with E-state index in [1.165, 1.54) is 15.7 Å². The second-order valence-corrected chi connectivity index (χ2v) is 6.48. The lowest BCUT2D eigenvalue weighted by Gasteiger charge is -2.38. The molecular formula is C16H25BrN2O. The van der Waals surface area contributed by atoms with Gasteiger partial charge in [-0.1, -0.05) is 28.9 Å². The highest BCUT2D eigenvalue weighted by Crippen LogP contribution is 2.30. The third-order valence-corrected chi connectivity index (χ3v) is 4.59. The van der Waals surface area contributed by atoms with Gasteiger partial charge in [0.2, 0.25) is 0 Å². The van der Waals surface area contributed by atoms with Gasteiger partial charge in [0.05, 0.1) is 12.7 Å². The molecule has 3 unspecified atom stereocenters. The number of anilines is 1. The maximum absolute atomic E-state index is 5.70. The van der Waals surface area contributed by atoms with Crippen molar-refractivity contribution in [2.45, 2.75) is 45.9 Å². The van der Waals surface area contributed by atoms with Crippen LogP contribution in [0.25, 0.3) is 0 Å². The molecule has 0 amide bonds. The summed E-state index contributed by atoms with van der Waals surface area (Å²) in [7, 11) is 0. The van der Waals surface area contributed by atoms with E-state index in [0.717, 1.165) is 19.7 Å². The summed E-state index contributed by atoms with van der Waals surface area (Å²) in [5, 5.41) is 3.45. The Bertz CT molecular complexity index is 452. The molecule has 0 saturated carbocycles. The van der Waals surface area contributed by atoms with E-state index in [-0.39, 0.29) is 0 Å². The summed E-state index contributed by atoms with van der Waals surface area (Å²) in [5.74, 6) is 0. The van der Waals surface area contributed by atoms with Crippen LogP contribution < -0.4 is 10.2 Å². The Labute approximate surface area is 130 Å². The maximum Gasteiger partial charge on any atom is 0.0723 e. The molecule has 20 heavy (non-hydrogen) atoms. The van der Waals surface area contributed by atoms with E-state index in [4.69, 9.17) is 4.74 Å². The number of hydrogen-bond acceptors (Lipinski definition) is 3. The fraction of sp³-hybridized carbons (Fsp3) is 0.625. The van der Waals surface area contributed by atoms with Crippen molar-refractivity contribution in [3.8, 4) is 0 Å². The van der Waals surface area contributed by atoms with E-state index < -0.39 is 0 Å². The van der Waals surface area contributed by atoms with Gasteiger partial charge in [0.15, 0.2) is 0 Å². The van der Waals surface area contributed by atoms with Gasteiger partial charge in [0.1, 0.15) is 0 Å². The normalized spacial score (nSPS) is 24.8. The number of nitrogens with zero attached hydrogens (tertiary/aromatic N) is 1. The van der Waals surface area contributed by atoms with Crippen LogP contribution in [-0.4, -0.2) is 31.8 Å². The molecule has 1 N–H and O–H groups in total. The summed E-state index contributed by atoms with van der Waals surface area (Å²) in [4.78, 5) is 2.43. The van der Waals surface area contributed by atoms with Crippen molar-refractivity contribution in [3.63, 3.8) is 0 Å². The number of nitrogens with one attached hydrogen (secondary N) is 1. The number of ether oxygens (including phenoxy) is 1. The minimum absolute atomic E-state index is 0.297. The zero-order valence-electron chi connectivity index (χ0n) is 12.8. The van der Waals surface area contributed by atoms with E-state index in [2.05, 4.69) is 72.0 Å². The Morgan fingerprint density at radius 1 is 1.45 bits per heavy atom. The Balaban J connectivity index is 2.19. The van der Waals surface area contributed by atoms with Crippen LogP contribution in [0, 0.1) is 0 Å². The van der Waals surface area contributed by atoms with Crippen LogP contribution in [0.2, 0.25) is 0 Å². The van der Waals surface area contributed by atoms with E-state index in [1.54, 1.807) is 0 Å². The summed E-state index contributed by atoms with van der Waals surface area (Å²) in [5.41, 5.74) is 2.58. The van der Waals surface area contributed by atoms with Crippen LogP contribution in [0.15, 0.2) is 22.7 Å². The molecule has 1 aliphatic heterocycles. The summed E-state index contributed by atoms with van der Waals surface area (Å²) < 4.78 is 6.88. The fourth-order valence-corrected chi connectivity index (χ4v) is 3.44. The van der Waals surface area contributed by atoms with Gasteiger partial charge in [-0.3, -0.25) is 0 Å². The van der Waals surface area contributed by atoms with Crippen LogP contribution >= 0.6 is 15.9 Å². The molecule has 1 aromatic rings. The van der Waals surface area contributed by atoms with Crippen molar-refractivity contribution in [1.82, 2.24) is 5.32 Å². The number of morpholine rings is 1. The van der Waals surface area contributed by atoms with Gasteiger partial charge in [0.25, 0.3) is 0 Å². The van der Waals surface area contributed by atoms with Crippen molar-refractivity contribution in [1.29, 1.82) is 0 Å². The second-order valence-electron chi connectivity index (χ2n) is 5.63. The van der Waals surface area contributed by atoms with Crippen LogP contribution in [0.5, 0.6) is 0 Å². The smallest absolute Gasteiger partial charge is 0.0723 e. The SMILES string of the molecule is CCNC(C)c1ccc(N2CC(C)OCC2C)cc1Br. The van der Waals surface area contributed by atoms with Gasteiger partial charge < -0.3 is 15.0 Å². The zero-order valence-corrected chi connectivity index (χ0v) is 14.4. The van der Waals surface area contributed by atoms with E-state index >= 15 is 0 Å². The molecule has 1 aromatic carbocycles. The lowest BCUT2D eigenvalue weighted by molar-refractivity contribution is 0.0344. The summed E-state index contributed by atoms with van der Waals surface area (Å²) in [6, 6.07) is 7.47. The molecule has 3 nitrogen and oxygen atoms in total. The highest BCUT2D eigenvalue weighted by Gasteiger charge is 2.24. The lowest BCUT2D eigenvalue weighted by atomic mass is 10.1. The molecule has 0 bridgehead atoms. The molecule has 0 aromatic heterocycles. The van der Waals surface area contributed by atoms with Crippen molar-refractivity contribution in [2.24, 2.45) is 0 Å². The number of halogens is 1. The second kappa shape index (κ2) is 6.92. The molecule has 0 radical (unpaired) electrons. The molecule has 3 atom stereocenters. The minimum Gasteiger partial charge on any atom is -0.375 e. The predicted octanol–water partition coefficient (Wildman–Crippen LogP) is 3.73. The Kier molecular flexibility index (Phi) is 5.47. The van der Waals surface area contributed by atoms with Gasteiger partial charge in [-0.2, -0.15) is 0 Å². The number of rotatable bonds is 4. The molecule has 0 aliphatic carbocycles. The van der Waals surface area contributed by atoms with Gasteiger partial charge in [-0.25, -0.2) is 0 Å². The van der Waals surface area contributed by atoms with Crippen LogP contribution in [0.3, 0.4) is 0 Å². The zero-order chi connectivity index (χ0) is 14.7. The van der Waals surface area contributed by atoms with Gasteiger partial charge in [-0.15, -0.1) is 0 Å². The van der Waals surface area contributed by atoms with Crippen LogP contribution in [0.1, 0.15) is 39.3 Å². The largest absolute Gasteiger partial charge is 0.375 e. The average molecular weight is 341 g/mol. The first-order chi connectivity index (χ1) is 9.52. The summed E-state index contributed by atoms with van der Waals surface area (Å²) in [6.45, 7) is 11.4. The first-order valence-electron chi connectivity index (χ1n) is 7.44. The molecule has 1 saturated heterocycles. The monoisotopic (exact) mass is 340 g/mol. The molecule has 4 heteroatoms. The predicted molar refractivity (Wildman–Crippen MR) is 88.5 cm³/mol. The highest BCUT2D eigenvalue weighted by atomic mass is 79.9. The Hall–Kier alpha value is -0.580. The van der Waals surface area contributed by atoms with Crippen molar-refractivity contribution < 1.29 is 4.74 Å². The van der Waals surface area contributed by atoms with E-state index in [9.17, 15) is 0 Å². The highest BCUT2D eigenvalue weighted by molar-refractivity contribution is 9.10. The fourth-order valence-electron chi connectivity index (χ4n) is 2.73. The quantitative estimate of drug-likeness (QED) is 0.903.